The summed E-state index contributed by atoms with van der Waals surface area (Å²) in [5, 5.41) is 3.76. The Balaban J connectivity index is 1.62. The fraction of sp³-hybridized carbons (Fsp3) is 0.700. The number of hydrogen-bond donors (Lipinski definition) is 1. The van der Waals surface area contributed by atoms with Crippen molar-refractivity contribution in [1.82, 2.24) is 5.32 Å². The van der Waals surface area contributed by atoms with Gasteiger partial charge in [0.05, 0.1) is 21.3 Å². The molecule has 0 aliphatic heterocycles. The molecule has 24 heavy (non-hydrogen) atoms. The summed E-state index contributed by atoms with van der Waals surface area (Å²) in [4.78, 5) is 0. The van der Waals surface area contributed by atoms with Crippen molar-refractivity contribution >= 4 is 0 Å². The lowest BCUT2D eigenvalue weighted by Gasteiger charge is -2.39. The molecule has 0 aromatic heterocycles. The Morgan fingerprint density at radius 1 is 0.875 bits per heavy atom. The molecule has 1 aromatic rings. The van der Waals surface area contributed by atoms with Crippen LogP contribution < -0.4 is 19.5 Å². The smallest absolute Gasteiger partial charge is 0.203 e. The van der Waals surface area contributed by atoms with E-state index in [0.29, 0.717) is 11.8 Å². The van der Waals surface area contributed by atoms with Gasteiger partial charge in [-0.3, -0.25) is 0 Å². The first-order valence-corrected chi connectivity index (χ1v) is 9.27. The molecule has 4 heteroatoms. The van der Waals surface area contributed by atoms with Crippen LogP contribution in [0.1, 0.15) is 50.5 Å². The first-order chi connectivity index (χ1) is 11.7. The van der Waals surface area contributed by atoms with E-state index in [9.17, 15) is 0 Å². The van der Waals surface area contributed by atoms with Gasteiger partial charge in [0.1, 0.15) is 0 Å². The summed E-state index contributed by atoms with van der Waals surface area (Å²) >= 11 is 0. The molecular formula is C20H31NO3. The van der Waals surface area contributed by atoms with Crippen LogP contribution in [0.3, 0.4) is 0 Å². The molecule has 3 rings (SSSR count). The summed E-state index contributed by atoms with van der Waals surface area (Å²) in [6.07, 6.45) is 9.83. The van der Waals surface area contributed by atoms with E-state index >= 15 is 0 Å². The predicted molar refractivity (Wildman–Crippen MR) is 96.0 cm³/mol. The second kappa shape index (κ2) is 8.11. The van der Waals surface area contributed by atoms with Crippen molar-refractivity contribution in [1.29, 1.82) is 0 Å². The highest BCUT2D eigenvalue weighted by Gasteiger charge is 2.31. The van der Waals surface area contributed by atoms with Gasteiger partial charge in [-0.1, -0.05) is 25.7 Å². The zero-order valence-electron chi connectivity index (χ0n) is 15.3. The first-order valence-electron chi connectivity index (χ1n) is 9.27. The predicted octanol–water partition coefficient (Wildman–Crippen LogP) is 4.16. The summed E-state index contributed by atoms with van der Waals surface area (Å²) in [5.74, 6) is 4.06. The molecule has 1 aromatic carbocycles. The Labute approximate surface area is 145 Å². The Morgan fingerprint density at radius 2 is 1.54 bits per heavy atom. The number of methoxy groups -OCH3 is 3. The van der Waals surface area contributed by atoms with Crippen molar-refractivity contribution in [2.24, 2.45) is 11.8 Å². The molecule has 3 atom stereocenters. The average molecular weight is 333 g/mol. The minimum absolute atomic E-state index is 0.642. The maximum atomic E-state index is 5.45. The second-order valence-corrected chi connectivity index (χ2v) is 7.23. The molecule has 0 bridgehead atoms. The lowest BCUT2D eigenvalue weighted by atomic mass is 9.69. The van der Waals surface area contributed by atoms with Gasteiger partial charge in [-0.2, -0.15) is 0 Å². The minimum atomic E-state index is 0.642. The molecular weight excluding hydrogens is 302 g/mol. The van der Waals surface area contributed by atoms with E-state index in [2.05, 4.69) is 5.32 Å². The van der Waals surface area contributed by atoms with E-state index in [4.69, 9.17) is 14.2 Å². The average Bonchev–Trinajstić information content (AvgIpc) is 2.65. The van der Waals surface area contributed by atoms with Gasteiger partial charge in [0.2, 0.25) is 5.75 Å². The van der Waals surface area contributed by atoms with E-state index in [0.717, 1.165) is 29.9 Å². The van der Waals surface area contributed by atoms with Crippen LogP contribution in [0.15, 0.2) is 12.1 Å². The van der Waals surface area contributed by atoms with Gasteiger partial charge < -0.3 is 19.5 Å². The number of ether oxygens (including phenoxy) is 3. The molecule has 1 N–H and O–H groups in total. The standard InChI is InChI=1S/C20H31NO3/c1-22-18-10-14(11-19(23-2)20(18)24-3)13-21-17-9-8-15-6-4-5-7-16(15)12-17/h10-11,15-17,21H,4-9,12-13H2,1-3H3. The second-order valence-electron chi connectivity index (χ2n) is 7.23. The molecule has 0 heterocycles. The summed E-state index contributed by atoms with van der Waals surface area (Å²) < 4.78 is 16.3. The number of rotatable bonds is 6. The Kier molecular flexibility index (Phi) is 5.88. The molecule has 134 valence electrons. The summed E-state index contributed by atoms with van der Waals surface area (Å²) in [5.41, 5.74) is 1.18. The van der Waals surface area contributed by atoms with Gasteiger partial charge >= 0.3 is 0 Å². The van der Waals surface area contributed by atoms with Crippen molar-refractivity contribution in [3.63, 3.8) is 0 Å². The molecule has 2 aliphatic carbocycles. The van der Waals surface area contributed by atoms with Crippen molar-refractivity contribution in [2.45, 2.75) is 57.5 Å². The third kappa shape index (κ3) is 3.80. The molecule has 4 nitrogen and oxygen atoms in total. The van der Waals surface area contributed by atoms with Gasteiger partial charge in [0, 0.05) is 12.6 Å². The van der Waals surface area contributed by atoms with Crippen LogP contribution in [0.2, 0.25) is 0 Å². The van der Waals surface area contributed by atoms with Crippen LogP contribution in [0.4, 0.5) is 0 Å². The Morgan fingerprint density at radius 3 is 2.17 bits per heavy atom. The maximum Gasteiger partial charge on any atom is 0.203 e. The monoisotopic (exact) mass is 333 g/mol. The van der Waals surface area contributed by atoms with Crippen LogP contribution in [-0.4, -0.2) is 27.4 Å². The molecule has 2 aliphatic rings. The van der Waals surface area contributed by atoms with E-state index in [1.807, 2.05) is 12.1 Å². The van der Waals surface area contributed by atoms with E-state index in [1.165, 1.54) is 50.5 Å². The molecule has 2 fully saturated rings. The molecule has 0 saturated heterocycles. The largest absolute Gasteiger partial charge is 0.493 e. The van der Waals surface area contributed by atoms with Crippen LogP contribution in [-0.2, 0) is 6.54 Å². The van der Waals surface area contributed by atoms with Gasteiger partial charge in [0.15, 0.2) is 11.5 Å². The first kappa shape index (κ1) is 17.4. The zero-order chi connectivity index (χ0) is 16.9. The number of hydrogen-bond acceptors (Lipinski definition) is 4. The Bertz CT molecular complexity index is 521. The van der Waals surface area contributed by atoms with Gasteiger partial charge in [-0.15, -0.1) is 0 Å². The summed E-state index contributed by atoms with van der Waals surface area (Å²) in [6.45, 7) is 0.846. The molecule has 0 spiro atoms. The van der Waals surface area contributed by atoms with Crippen LogP contribution >= 0.6 is 0 Å². The minimum Gasteiger partial charge on any atom is -0.493 e. The number of fused-ring (bicyclic) bond motifs is 1. The van der Waals surface area contributed by atoms with Crippen molar-refractivity contribution in [3.05, 3.63) is 17.7 Å². The highest BCUT2D eigenvalue weighted by atomic mass is 16.5. The van der Waals surface area contributed by atoms with E-state index in [1.54, 1.807) is 21.3 Å². The lowest BCUT2D eigenvalue weighted by molar-refractivity contribution is 0.143. The highest BCUT2D eigenvalue weighted by molar-refractivity contribution is 5.53. The van der Waals surface area contributed by atoms with Crippen LogP contribution in [0, 0.1) is 11.8 Å². The quantitative estimate of drug-likeness (QED) is 0.848. The van der Waals surface area contributed by atoms with Gasteiger partial charge in [-0.25, -0.2) is 0 Å². The van der Waals surface area contributed by atoms with Crippen molar-refractivity contribution in [2.75, 3.05) is 21.3 Å². The lowest BCUT2D eigenvalue weighted by Crippen LogP contribution is -2.38. The maximum absolute atomic E-state index is 5.45. The normalized spacial score (nSPS) is 26.5. The third-order valence-corrected chi connectivity index (χ3v) is 5.86. The number of benzene rings is 1. The summed E-state index contributed by atoms with van der Waals surface area (Å²) in [7, 11) is 4.97. The topological polar surface area (TPSA) is 39.7 Å². The third-order valence-electron chi connectivity index (χ3n) is 5.86. The highest BCUT2D eigenvalue weighted by Crippen LogP contribution is 2.41. The summed E-state index contributed by atoms with van der Waals surface area (Å²) in [6, 6.07) is 4.73. The van der Waals surface area contributed by atoms with Gasteiger partial charge in [-0.05, 0) is 48.8 Å². The Hall–Kier alpha value is -1.42. The van der Waals surface area contributed by atoms with Crippen LogP contribution in [0.25, 0.3) is 0 Å². The zero-order valence-corrected chi connectivity index (χ0v) is 15.3. The SMILES string of the molecule is COc1cc(CNC2CCC3CCCCC3C2)cc(OC)c1OC. The van der Waals surface area contributed by atoms with Gasteiger partial charge in [0.25, 0.3) is 0 Å². The molecule has 2 saturated carbocycles. The van der Waals surface area contributed by atoms with E-state index < -0.39 is 0 Å². The molecule has 3 unspecified atom stereocenters. The van der Waals surface area contributed by atoms with Crippen molar-refractivity contribution in [3.8, 4) is 17.2 Å². The van der Waals surface area contributed by atoms with Crippen LogP contribution in [0.5, 0.6) is 17.2 Å². The molecule has 0 radical (unpaired) electrons. The fourth-order valence-corrected chi connectivity index (χ4v) is 4.56. The van der Waals surface area contributed by atoms with E-state index in [-0.39, 0.29) is 0 Å². The fourth-order valence-electron chi connectivity index (χ4n) is 4.56. The number of nitrogens with one attached hydrogen (secondary N) is 1. The molecule has 0 amide bonds. The van der Waals surface area contributed by atoms with Crippen molar-refractivity contribution < 1.29 is 14.2 Å².